The number of ketones is 2. The normalized spacial score (nSPS) is 15.3. The summed E-state index contributed by atoms with van der Waals surface area (Å²) < 4.78 is 17.0. The lowest BCUT2D eigenvalue weighted by Gasteiger charge is -2.30. The molecule has 0 bridgehead atoms. The highest BCUT2D eigenvalue weighted by atomic mass is 16.7. The smallest absolute Gasteiger partial charge is 0.421 e. The fourth-order valence-electron chi connectivity index (χ4n) is 4.24. The molecule has 10 heteroatoms. The predicted octanol–water partition coefficient (Wildman–Crippen LogP) is 6.57. The van der Waals surface area contributed by atoms with Crippen LogP contribution >= 0.6 is 0 Å². The summed E-state index contributed by atoms with van der Waals surface area (Å²) in [5, 5.41) is 2.80. The predicted molar refractivity (Wildman–Crippen MR) is 162 cm³/mol. The summed E-state index contributed by atoms with van der Waals surface area (Å²) in [4.78, 5) is 67.0. The van der Waals surface area contributed by atoms with E-state index in [1.54, 1.807) is 72.7 Å². The van der Waals surface area contributed by atoms with Gasteiger partial charge in [0, 0.05) is 28.5 Å². The second kappa shape index (κ2) is 13.9. The second-order valence-corrected chi connectivity index (χ2v) is 12.5. The van der Waals surface area contributed by atoms with E-state index in [-0.39, 0.29) is 35.1 Å². The Labute approximate surface area is 253 Å². The maximum absolute atomic E-state index is 13.9. The van der Waals surface area contributed by atoms with Crippen molar-refractivity contribution in [3.8, 4) is 5.75 Å². The SMILES string of the molecule is CCOC(=O)N(C(=O)C(C)(C)C)c1cccc(OC2CCCCO2)c1C(=O)CC(=O)c1ccc(NC(=O)C(C)(C)C)cc1. The number of nitrogens with zero attached hydrogens (tertiary/aromatic N) is 1. The Kier molecular flexibility index (Phi) is 10.9. The van der Waals surface area contributed by atoms with Gasteiger partial charge in [0.2, 0.25) is 11.8 Å². The number of benzene rings is 2. The number of carbonyl (C=O) groups is 5. The summed E-state index contributed by atoms with van der Waals surface area (Å²) >= 11 is 0. The van der Waals surface area contributed by atoms with E-state index in [9.17, 15) is 24.0 Å². The largest absolute Gasteiger partial charge is 0.464 e. The summed E-state index contributed by atoms with van der Waals surface area (Å²) in [6, 6.07) is 10.8. The molecule has 1 heterocycles. The van der Waals surface area contributed by atoms with E-state index in [0.29, 0.717) is 18.7 Å². The van der Waals surface area contributed by atoms with Crippen molar-refractivity contribution in [2.24, 2.45) is 10.8 Å². The van der Waals surface area contributed by atoms with Crippen molar-refractivity contribution in [1.82, 2.24) is 0 Å². The van der Waals surface area contributed by atoms with Crippen molar-refractivity contribution in [1.29, 1.82) is 0 Å². The van der Waals surface area contributed by atoms with E-state index in [4.69, 9.17) is 14.2 Å². The van der Waals surface area contributed by atoms with Crippen LogP contribution in [-0.2, 0) is 19.1 Å². The molecule has 1 aliphatic rings. The first-order valence-corrected chi connectivity index (χ1v) is 14.5. The second-order valence-electron chi connectivity index (χ2n) is 12.5. The highest BCUT2D eigenvalue weighted by Gasteiger charge is 2.37. The zero-order valence-corrected chi connectivity index (χ0v) is 26.1. The maximum Gasteiger partial charge on any atom is 0.421 e. The highest BCUT2D eigenvalue weighted by molar-refractivity contribution is 6.21. The van der Waals surface area contributed by atoms with E-state index in [2.05, 4.69) is 5.32 Å². The first-order valence-electron chi connectivity index (χ1n) is 14.5. The molecule has 2 aromatic rings. The van der Waals surface area contributed by atoms with Gasteiger partial charge in [0.25, 0.3) is 0 Å². The molecule has 1 atom stereocenters. The third-order valence-electron chi connectivity index (χ3n) is 6.68. The lowest BCUT2D eigenvalue weighted by Crippen LogP contribution is -2.45. The van der Waals surface area contributed by atoms with Crippen LogP contribution in [0.1, 0.15) is 94.9 Å². The number of ether oxygens (including phenoxy) is 3. The summed E-state index contributed by atoms with van der Waals surface area (Å²) in [6.07, 6.45) is 0.216. The number of nitrogens with one attached hydrogen (secondary N) is 1. The minimum Gasteiger partial charge on any atom is -0.464 e. The number of hydrogen-bond donors (Lipinski definition) is 1. The van der Waals surface area contributed by atoms with Crippen molar-refractivity contribution in [2.45, 2.75) is 80.4 Å². The van der Waals surface area contributed by atoms with Crippen molar-refractivity contribution in [3.63, 3.8) is 0 Å². The van der Waals surface area contributed by atoms with Crippen molar-refractivity contribution in [3.05, 3.63) is 53.6 Å². The van der Waals surface area contributed by atoms with E-state index in [1.807, 2.05) is 0 Å². The Morgan fingerprint density at radius 1 is 0.907 bits per heavy atom. The number of anilines is 2. The molecule has 3 amide bonds. The van der Waals surface area contributed by atoms with Gasteiger partial charge in [0.05, 0.1) is 30.9 Å². The molecule has 1 aliphatic heterocycles. The summed E-state index contributed by atoms with van der Waals surface area (Å²) in [7, 11) is 0. The van der Waals surface area contributed by atoms with Crippen LogP contribution in [0.2, 0.25) is 0 Å². The Balaban J connectivity index is 1.99. The Hall–Kier alpha value is -4.05. The number of rotatable bonds is 9. The fourth-order valence-corrected chi connectivity index (χ4v) is 4.24. The molecular weight excluding hydrogens is 552 g/mol. The molecule has 0 saturated carbocycles. The van der Waals surface area contributed by atoms with E-state index in [0.717, 1.165) is 17.7 Å². The van der Waals surface area contributed by atoms with Crippen LogP contribution in [0.5, 0.6) is 5.75 Å². The van der Waals surface area contributed by atoms with Gasteiger partial charge in [-0.2, -0.15) is 0 Å². The van der Waals surface area contributed by atoms with Gasteiger partial charge in [-0.3, -0.25) is 19.2 Å². The van der Waals surface area contributed by atoms with Gasteiger partial charge in [-0.25, -0.2) is 9.69 Å². The van der Waals surface area contributed by atoms with Crippen LogP contribution in [0.15, 0.2) is 42.5 Å². The molecule has 10 nitrogen and oxygen atoms in total. The average Bonchev–Trinajstić information content (AvgIpc) is 2.93. The van der Waals surface area contributed by atoms with Crippen molar-refractivity contribution in [2.75, 3.05) is 23.4 Å². The number of Topliss-reactive ketones (excluding diaryl/α,β-unsaturated/α-hetero) is 2. The molecule has 0 aromatic heterocycles. The molecule has 43 heavy (non-hydrogen) atoms. The number of imide groups is 1. The first kappa shape index (κ1) is 33.5. The minimum absolute atomic E-state index is 0.00677. The lowest BCUT2D eigenvalue weighted by molar-refractivity contribution is -0.125. The molecule has 1 saturated heterocycles. The molecule has 0 aliphatic carbocycles. The molecular formula is C33H42N2O8. The molecule has 2 aromatic carbocycles. The van der Waals surface area contributed by atoms with Gasteiger partial charge in [-0.15, -0.1) is 0 Å². The Bertz CT molecular complexity index is 1350. The van der Waals surface area contributed by atoms with Crippen LogP contribution in [0, 0.1) is 10.8 Å². The summed E-state index contributed by atoms with van der Waals surface area (Å²) in [5.74, 6) is -1.81. The summed E-state index contributed by atoms with van der Waals surface area (Å²) in [5.41, 5.74) is -0.957. The molecule has 1 fully saturated rings. The topological polar surface area (TPSA) is 128 Å². The van der Waals surface area contributed by atoms with Crippen LogP contribution in [0.25, 0.3) is 0 Å². The van der Waals surface area contributed by atoms with Crippen LogP contribution in [0.3, 0.4) is 0 Å². The fraction of sp³-hybridized carbons (Fsp3) is 0.485. The molecule has 0 spiro atoms. The maximum atomic E-state index is 13.9. The Morgan fingerprint density at radius 2 is 1.58 bits per heavy atom. The van der Waals surface area contributed by atoms with Gasteiger partial charge in [-0.1, -0.05) is 47.6 Å². The number of hydrogen-bond acceptors (Lipinski definition) is 8. The third-order valence-corrected chi connectivity index (χ3v) is 6.68. The van der Waals surface area contributed by atoms with E-state index < -0.39 is 47.1 Å². The number of carbonyl (C=O) groups excluding carboxylic acids is 5. The number of amides is 3. The first-order chi connectivity index (χ1) is 20.1. The van der Waals surface area contributed by atoms with E-state index >= 15 is 0 Å². The standard InChI is InChI=1S/C33H42N2O8/c1-8-41-31(40)35(30(39)33(5,6)7)23-12-11-13-26(43-27-14-9-10-19-42-27)28(23)25(37)20-24(36)21-15-17-22(18-16-21)34-29(38)32(2,3)4/h11-13,15-18,27H,8-10,14,19-20H2,1-7H3,(H,34,38). The highest BCUT2D eigenvalue weighted by Crippen LogP contribution is 2.35. The molecule has 1 N–H and O–H groups in total. The third kappa shape index (κ3) is 8.73. The van der Waals surface area contributed by atoms with Gasteiger partial charge in [0.15, 0.2) is 17.9 Å². The zero-order valence-electron chi connectivity index (χ0n) is 26.1. The molecule has 3 rings (SSSR count). The quantitative estimate of drug-likeness (QED) is 0.255. The van der Waals surface area contributed by atoms with Crippen molar-refractivity contribution < 1.29 is 38.2 Å². The van der Waals surface area contributed by atoms with Gasteiger partial charge in [0.1, 0.15) is 5.75 Å². The monoisotopic (exact) mass is 594 g/mol. The average molecular weight is 595 g/mol. The lowest BCUT2D eigenvalue weighted by atomic mass is 9.93. The molecule has 232 valence electrons. The minimum atomic E-state index is -1.00. The van der Waals surface area contributed by atoms with Crippen molar-refractivity contribution >= 4 is 40.8 Å². The zero-order chi connectivity index (χ0) is 31.9. The molecule has 0 radical (unpaired) electrons. The molecule has 1 unspecified atom stereocenters. The van der Waals surface area contributed by atoms with E-state index in [1.165, 1.54) is 18.2 Å². The summed E-state index contributed by atoms with van der Waals surface area (Å²) in [6.45, 7) is 12.4. The van der Waals surface area contributed by atoms with Gasteiger partial charge in [-0.05, 0) is 56.2 Å². The van der Waals surface area contributed by atoms with Crippen LogP contribution in [-0.4, -0.2) is 49.0 Å². The van der Waals surface area contributed by atoms with Crippen LogP contribution < -0.4 is 15.0 Å². The van der Waals surface area contributed by atoms with Crippen LogP contribution in [0.4, 0.5) is 16.2 Å². The Morgan fingerprint density at radius 3 is 2.14 bits per heavy atom. The van der Waals surface area contributed by atoms with Gasteiger partial charge < -0.3 is 19.5 Å². The van der Waals surface area contributed by atoms with Gasteiger partial charge >= 0.3 is 6.09 Å².